The van der Waals surface area contributed by atoms with Gasteiger partial charge in [-0.05, 0) is 35.7 Å². The second-order valence-electron chi connectivity index (χ2n) is 4.58. The summed E-state index contributed by atoms with van der Waals surface area (Å²) in [4.78, 5) is 0. The normalized spacial score (nSPS) is 10.4. The van der Waals surface area contributed by atoms with Crippen LogP contribution in [0.2, 0.25) is 0 Å². The second-order valence-corrected chi connectivity index (χ2v) is 4.58. The van der Waals surface area contributed by atoms with E-state index in [0.29, 0.717) is 6.54 Å². The fraction of sp³-hybridized carbons (Fsp3) is 0.250. The van der Waals surface area contributed by atoms with Crippen molar-refractivity contribution in [3.8, 4) is 11.5 Å². The summed E-state index contributed by atoms with van der Waals surface area (Å²) in [6.45, 7) is 2.78. The molecule has 3 nitrogen and oxygen atoms in total. The van der Waals surface area contributed by atoms with Crippen molar-refractivity contribution in [1.29, 1.82) is 0 Å². The van der Waals surface area contributed by atoms with E-state index in [1.54, 1.807) is 12.1 Å². The Morgan fingerprint density at radius 2 is 1.79 bits per heavy atom. The van der Waals surface area contributed by atoms with Gasteiger partial charge in [0, 0.05) is 12.2 Å². The topological polar surface area (TPSA) is 52.5 Å². The highest BCUT2D eigenvalue weighted by molar-refractivity contribution is 5.52. The van der Waals surface area contributed by atoms with Gasteiger partial charge < -0.3 is 15.5 Å². The third-order valence-electron chi connectivity index (χ3n) is 3.06. The summed E-state index contributed by atoms with van der Waals surface area (Å²) in [5.41, 5.74) is 3.35. The summed E-state index contributed by atoms with van der Waals surface area (Å²) in [5, 5.41) is 22.1. The summed E-state index contributed by atoms with van der Waals surface area (Å²) < 4.78 is 0. The highest BCUT2D eigenvalue weighted by Gasteiger charge is 2.03. The quantitative estimate of drug-likeness (QED) is 0.716. The van der Waals surface area contributed by atoms with Crippen LogP contribution in [0.25, 0.3) is 0 Å². The summed E-state index contributed by atoms with van der Waals surface area (Å²) in [7, 11) is 0. The van der Waals surface area contributed by atoms with E-state index < -0.39 is 0 Å². The fourth-order valence-electron chi connectivity index (χ4n) is 2.06. The summed E-state index contributed by atoms with van der Waals surface area (Å²) >= 11 is 0. The maximum Gasteiger partial charge on any atom is 0.157 e. The first-order chi connectivity index (χ1) is 9.20. The fourth-order valence-corrected chi connectivity index (χ4v) is 2.06. The van der Waals surface area contributed by atoms with Gasteiger partial charge in [-0.15, -0.1) is 0 Å². The Kier molecular flexibility index (Phi) is 4.29. The van der Waals surface area contributed by atoms with Crippen LogP contribution in [0.4, 0.5) is 5.69 Å². The molecule has 3 heteroatoms. The maximum absolute atomic E-state index is 9.46. The van der Waals surface area contributed by atoms with E-state index in [-0.39, 0.29) is 11.5 Å². The molecule has 19 heavy (non-hydrogen) atoms. The van der Waals surface area contributed by atoms with Crippen molar-refractivity contribution in [2.75, 3.05) is 5.32 Å². The smallest absolute Gasteiger partial charge is 0.157 e. The maximum atomic E-state index is 9.46. The molecule has 0 amide bonds. The molecule has 0 fully saturated rings. The highest BCUT2D eigenvalue weighted by atomic mass is 16.3. The van der Waals surface area contributed by atoms with Crippen LogP contribution in [0.1, 0.15) is 24.5 Å². The van der Waals surface area contributed by atoms with Gasteiger partial charge in [-0.3, -0.25) is 0 Å². The molecular formula is C16H19NO2. The molecular weight excluding hydrogens is 238 g/mol. The van der Waals surface area contributed by atoms with Gasteiger partial charge in [-0.25, -0.2) is 0 Å². The van der Waals surface area contributed by atoms with Gasteiger partial charge in [-0.2, -0.15) is 0 Å². The predicted molar refractivity (Wildman–Crippen MR) is 77.5 cm³/mol. The van der Waals surface area contributed by atoms with E-state index in [9.17, 15) is 10.2 Å². The van der Waals surface area contributed by atoms with Crippen molar-refractivity contribution in [2.45, 2.75) is 26.3 Å². The Labute approximate surface area is 113 Å². The zero-order valence-corrected chi connectivity index (χ0v) is 11.1. The molecule has 2 aromatic carbocycles. The van der Waals surface area contributed by atoms with E-state index >= 15 is 0 Å². The first-order valence-electron chi connectivity index (χ1n) is 6.53. The van der Waals surface area contributed by atoms with Gasteiger partial charge >= 0.3 is 0 Å². The SMILES string of the molecule is CCCc1ccccc1NCc1ccc(O)c(O)c1. The van der Waals surface area contributed by atoms with Crippen molar-refractivity contribution < 1.29 is 10.2 Å². The van der Waals surface area contributed by atoms with Crippen LogP contribution in [0.3, 0.4) is 0 Å². The average Bonchev–Trinajstić information content (AvgIpc) is 2.42. The van der Waals surface area contributed by atoms with E-state index in [4.69, 9.17) is 0 Å². The Bertz CT molecular complexity index is 552. The Morgan fingerprint density at radius 1 is 1.00 bits per heavy atom. The van der Waals surface area contributed by atoms with E-state index in [0.717, 1.165) is 24.1 Å². The minimum absolute atomic E-state index is 0.0823. The number of benzene rings is 2. The number of hydrogen-bond acceptors (Lipinski definition) is 3. The first-order valence-corrected chi connectivity index (χ1v) is 6.53. The predicted octanol–water partition coefficient (Wildman–Crippen LogP) is 3.66. The molecule has 0 atom stereocenters. The Balaban J connectivity index is 2.07. The number of phenolic OH excluding ortho intramolecular Hbond substituents is 2. The number of anilines is 1. The lowest BCUT2D eigenvalue weighted by Gasteiger charge is -2.12. The number of para-hydroxylation sites is 1. The van der Waals surface area contributed by atoms with Crippen molar-refractivity contribution in [3.05, 3.63) is 53.6 Å². The molecule has 0 aromatic heterocycles. The van der Waals surface area contributed by atoms with Crippen molar-refractivity contribution in [3.63, 3.8) is 0 Å². The van der Waals surface area contributed by atoms with E-state index in [1.807, 2.05) is 12.1 Å². The molecule has 0 aliphatic heterocycles. The second kappa shape index (κ2) is 6.14. The number of aromatic hydroxyl groups is 2. The van der Waals surface area contributed by atoms with Crippen LogP contribution in [-0.4, -0.2) is 10.2 Å². The molecule has 100 valence electrons. The zero-order chi connectivity index (χ0) is 13.7. The number of phenols is 2. The van der Waals surface area contributed by atoms with Crippen LogP contribution in [0, 0.1) is 0 Å². The van der Waals surface area contributed by atoms with Crippen LogP contribution in [-0.2, 0) is 13.0 Å². The lowest BCUT2D eigenvalue weighted by molar-refractivity contribution is 0.403. The molecule has 0 spiro atoms. The third kappa shape index (κ3) is 3.41. The lowest BCUT2D eigenvalue weighted by Crippen LogP contribution is -2.02. The average molecular weight is 257 g/mol. The van der Waals surface area contributed by atoms with Gasteiger partial charge in [0.25, 0.3) is 0 Å². The van der Waals surface area contributed by atoms with Crippen LogP contribution < -0.4 is 5.32 Å². The zero-order valence-electron chi connectivity index (χ0n) is 11.1. The van der Waals surface area contributed by atoms with Crippen molar-refractivity contribution in [2.24, 2.45) is 0 Å². The summed E-state index contributed by atoms with van der Waals surface area (Å²) in [6.07, 6.45) is 2.16. The van der Waals surface area contributed by atoms with Gasteiger partial charge in [0.1, 0.15) is 0 Å². The van der Waals surface area contributed by atoms with Crippen molar-refractivity contribution in [1.82, 2.24) is 0 Å². The molecule has 0 bridgehead atoms. The number of rotatable bonds is 5. The molecule has 2 rings (SSSR count). The molecule has 0 heterocycles. The molecule has 3 N–H and O–H groups in total. The largest absolute Gasteiger partial charge is 0.504 e. The summed E-state index contributed by atoms with van der Waals surface area (Å²) in [5.74, 6) is -0.170. The number of aryl methyl sites for hydroxylation is 1. The molecule has 0 saturated carbocycles. The van der Waals surface area contributed by atoms with E-state index in [2.05, 4.69) is 24.4 Å². The molecule has 0 radical (unpaired) electrons. The summed E-state index contributed by atoms with van der Waals surface area (Å²) in [6, 6.07) is 13.1. The van der Waals surface area contributed by atoms with Gasteiger partial charge in [-0.1, -0.05) is 37.6 Å². The van der Waals surface area contributed by atoms with E-state index in [1.165, 1.54) is 11.6 Å². The minimum atomic E-state index is -0.0878. The Hall–Kier alpha value is -2.16. The van der Waals surface area contributed by atoms with Crippen LogP contribution in [0.15, 0.2) is 42.5 Å². The first kappa shape index (κ1) is 13.3. The minimum Gasteiger partial charge on any atom is -0.504 e. The number of nitrogens with one attached hydrogen (secondary N) is 1. The monoisotopic (exact) mass is 257 g/mol. The molecule has 0 unspecified atom stereocenters. The van der Waals surface area contributed by atoms with Gasteiger partial charge in [0.2, 0.25) is 0 Å². The molecule has 0 saturated heterocycles. The van der Waals surface area contributed by atoms with Crippen LogP contribution in [0.5, 0.6) is 11.5 Å². The third-order valence-corrected chi connectivity index (χ3v) is 3.06. The van der Waals surface area contributed by atoms with Gasteiger partial charge in [0.15, 0.2) is 11.5 Å². The van der Waals surface area contributed by atoms with Crippen LogP contribution >= 0.6 is 0 Å². The number of hydrogen-bond donors (Lipinski definition) is 3. The molecule has 2 aromatic rings. The molecule has 0 aliphatic carbocycles. The Morgan fingerprint density at radius 3 is 2.53 bits per heavy atom. The van der Waals surface area contributed by atoms with Crippen molar-refractivity contribution >= 4 is 5.69 Å². The molecule has 0 aliphatic rings. The highest BCUT2D eigenvalue weighted by Crippen LogP contribution is 2.25. The lowest BCUT2D eigenvalue weighted by atomic mass is 10.1. The standard InChI is InChI=1S/C16H19NO2/c1-2-5-13-6-3-4-7-14(13)17-11-12-8-9-15(18)16(19)10-12/h3-4,6-10,17-19H,2,5,11H2,1H3. The van der Waals surface area contributed by atoms with Gasteiger partial charge in [0.05, 0.1) is 0 Å².